The second-order valence-electron chi connectivity index (χ2n) is 4.67. The Morgan fingerprint density at radius 1 is 1.28 bits per heavy atom. The lowest BCUT2D eigenvalue weighted by Gasteiger charge is -2.15. The van der Waals surface area contributed by atoms with Crippen LogP contribution in [0.25, 0.3) is 0 Å². The van der Waals surface area contributed by atoms with E-state index >= 15 is 0 Å². The Hall–Kier alpha value is -3.30. The van der Waals surface area contributed by atoms with Gasteiger partial charge in [-0.05, 0) is 18.2 Å². The first kappa shape index (κ1) is 18.0. The highest BCUT2D eigenvalue weighted by molar-refractivity contribution is 6.00. The van der Waals surface area contributed by atoms with Gasteiger partial charge in [-0.1, -0.05) is 18.2 Å². The molecule has 1 aromatic heterocycles. The second kappa shape index (κ2) is 7.51. The van der Waals surface area contributed by atoms with Crippen LogP contribution in [0, 0.1) is 0 Å². The fourth-order valence-electron chi connectivity index (χ4n) is 1.94. The predicted octanol–water partition coefficient (Wildman–Crippen LogP) is 2.55. The quantitative estimate of drug-likeness (QED) is 0.341. The zero-order chi connectivity index (χ0) is 18.4. The topological polar surface area (TPSA) is 102 Å². The fourth-order valence-corrected chi connectivity index (χ4v) is 1.94. The number of hydrazone groups is 1. The number of hydrogen-bond donors (Lipinski definition) is 3. The summed E-state index contributed by atoms with van der Waals surface area (Å²) in [4.78, 5) is 15.5. The number of pyridine rings is 1. The number of hydrogen-bond acceptors (Lipinski definition) is 5. The van der Waals surface area contributed by atoms with E-state index in [1.54, 1.807) is 18.2 Å². The van der Waals surface area contributed by atoms with Crippen LogP contribution in [0.1, 0.15) is 11.1 Å². The zero-order valence-corrected chi connectivity index (χ0v) is 13.0. The van der Waals surface area contributed by atoms with Crippen LogP contribution in [0.2, 0.25) is 0 Å². The number of para-hydroxylation sites is 1. The van der Waals surface area contributed by atoms with Crippen molar-refractivity contribution in [2.75, 3.05) is 12.4 Å². The second-order valence-corrected chi connectivity index (χ2v) is 4.67. The summed E-state index contributed by atoms with van der Waals surface area (Å²) in [6.07, 6.45) is -4.77. The highest BCUT2D eigenvalue weighted by Crippen LogP contribution is 2.33. The molecule has 0 unspecified atom stereocenters. The van der Waals surface area contributed by atoms with Gasteiger partial charge >= 0.3 is 12.3 Å². The first-order chi connectivity index (χ1) is 11.8. The van der Waals surface area contributed by atoms with Crippen LogP contribution < -0.4 is 21.2 Å². The fraction of sp³-hybridized carbons (Fsp3) is 0.133. The third-order valence-electron chi connectivity index (χ3n) is 3.01. The lowest BCUT2D eigenvalue weighted by molar-refractivity contribution is -0.137. The molecule has 0 spiro atoms. The molecule has 4 N–H and O–H groups in total. The number of anilines is 1. The summed E-state index contributed by atoms with van der Waals surface area (Å²) in [5.74, 6) is 4.78. The van der Waals surface area contributed by atoms with Crippen molar-refractivity contribution in [1.29, 1.82) is 0 Å². The van der Waals surface area contributed by atoms with E-state index in [0.717, 1.165) is 6.20 Å². The normalized spacial score (nSPS) is 11.8. The van der Waals surface area contributed by atoms with Crippen molar-refractivity contribution in [1.82, 2.24) is 10.3 Å². The molecule has 2 aromatic rings. The maximum atomic E-state index is 13.3. The molecule has 0 radical (unpaired) electrons. The Labute approximate surface area is 140 Å². The van der Waals surface area contributed by atoms with E-state index in [1.807, 2.05) is 0 Å². The smallest absolute Gasteiger partial charge is 0.410 e. The summed E-state index contributed by atoms with van der Waals surface area (Å²) < 4.78 is 44.7. The molecule has 10 heteroatoms. The number of nitrogens with one attached hydrogen (secondary N) is 2. The number of amides is 1. The van der Waals surface area contributed by atoms with E-state index in [0.29, 0.717) is 6.07 Å². The number of halogens is 3. The number of nitrogens with two attached hydrogens (primary N) is 1. The Bertz CT molecular complexity index is 778. The maximum absolute atomic E-state index is 13.3. The van der Waals surface area contributed by atoms with Crippen molar-refractivity contribution in [2.24, 2.45) is 10.9 Å². The minimum atomic E-state index is -4.70. The average molecular weight is 353 g/mol. The minimum absolute atomic E-state index is 0.196. The number of benzene rings is 1. The van der Waals surface area contributed by atoms with E-state index in [1.165, 1.54) is 19.2 Å². The summed E-state index contributed by atoms with van der Waals surface area (Å²) in [6, 6.07) is 8.72. The maximum Gasteiger partial charge on any atom is 0.418 e. The number of rotatable bonds is 3. The van der Waals surface area contributed by atoms with Crippen LogP contribution in [-0.2, 0) is 6.18 Å². The van der Waals surface area contributed by atoms with Gasteiger partial charge in [0.25, 0.3) is 0 Å². The standard InChI is InChI=1S/C15H14F3N5O2/c1-20-13(23-19)10-8-21-12(7-11(10)15(16,17)18)22-14(24)25-9-5-3-2-4-6-9/h2-8H,19H2,1H3,(H,20,23)(H,21,22,24). The van der Waals surface area contributed by atoms with Crippen molar-refractivity contribution < 1.29 is 22.7 Å². The highest BCUT2D eigenvalue weighted by Gasteiger charge is 2.35. The summed E-state index contributed by atoms with van der Waals surface area (Å²) in [6.45, 7) is 0. The van der Waals surface area contributed by atoms with Crippen LogP contribution >= 0.6 is 0 Å². The molecule has 1 aromatic carbocycles. The molecule has 1 heterocycles. The van der Waals surface area contributed by atoms with Crippen molar-refractivity contribution >= 4 is 17.7 Å². The van der Waals surface area contributed by atoms with Crippen LogP contribution in [0.15, 0.2) is 47.7 Å². The Kier molecular flexibility index (Phi) is 5.42. The molecule has 0 aliphatic rings. The van der Waals surface area contributed by atoms with Crippen LogP contribution in [0.4, 0.5) is 23.8 Å². The molecule has 0 aliphatic heterocycles. The number of amidine groups is 1. The molecule has 0 aliphatic carbocycles. The number of alkyl halides is 3. The Balaban J connectivity index is 2.26. The predicted molar refractivity (Wildman–Crippen MR) is 85.1 cm³/mol. The number of ether oxygens (including phenoxy) is 1. The molecule has 2 rings (SSSR count). The lowest BCUT2D eigenvalue weighted by atomic mass is 10.1. The van der Waals surface area contributed by atoms with E-state index in [2.05, 4.69) is 20.7 Å². The van der Waals surface area contributed by atoms with E-state index in [-0.39, 0.29) is 23.0 Å². The molecule has 25 heavy (non-hydrogen) atoms. The number of carbonyl (C=O) groups excluding carboxylic acids is 1. The van der Waals surface area contributed by atoms with Gasteiger partial charge in [0.15, 0.2) is 5.84 Å². The number of nitrogens with zero attached hydrogens (tertiary/aromatic N) is 2. The summed E-state index contributed by atoms with van der Waals surface area (Å²) in [5, 5.41) is 7.84. The van der Waals surface area contributed by atoms with E-state index < -0.39 is 17.8 Å². The van der Waals surface area contributed by atoms with E-state index in [4.69, 9.17) is 10.6 Å². The molecule has 0 fully saturated rings. The largest absolute Gasteiger partial charge is 0.418 e. The van der Waals surface area contributed by atoms with Crippen LogP contribution in [-0.4, -0.2) is 24.0 Å². The minimum Gasteiger partial charge on any atom is -0.410 e. The van der Waals surface area contributed by atoms with Gasteiger partial charge in [-0.15, -0.1) is 0 Å². The monoisotopic (exact) mass is 353 g/mol. The first-order valence-electron chi connectivity index (χ1n) is 6.92. The van der Waals surface area contributed by atoms with E-state index in [9.17, 15) is 18.0 Å². The zero-order valence-electron chi connectivity index (χ0n) is 13.0. The lowest BCUT2D eigenvalue weighted by Crippen LogP contribution is -2.26. The third-order valence-corrected chi connectivity index (χ3v) is 3.01. The van der Waals surface area contributed by atoms with Gasteiger partial charge in [-0.25, -0.2) is 9.78 Å². The first-order valence-corrected chi connectivity index (χ1v) is 6.92. The van der Waals surface area contributed by atoms with Crippen LogP contribution in [0.3, 0.4) is 0 Å². The molecule has 7 nitrogen and oxygen atoms in total. The van der Waals surface area contributed by atoms with Crippen molar-refractivity contribution in [3.05, 3.63) is 53.7 Å². The number of aromatic nitrogens is 1. The molecule has 0 bridgehead atoms. The van der Waals surface area contributed by atoms with Gasteiger partial charge in [-0.2, -0.15) is 18.3 Å². The van der Waals surface area contributed by atoms with Gasteiger partial charge in [0.05, 0.1) is 5.56 Å². The summed E-state index contributed by atoms with van der Waals surface area (Å²) in [7, 11) is 1.37. The SMILES string of the molecule is CN/C(=N\N)c1cnc(NC(=O)Oc2ccccc2)cc1C(F)(F)F. The molecular formula is C15H14F3N5O2. The average Bonchev–Trinajstić information content (AvgIpc) is 2.57. The van der Waals surface area contributed by atoms with Gasteiger partial charge < -0.3 is 15.9 Å². The highest BCUT2D eigenvalue weighted by atomic mass is 19.4. The van der Waals surface area contributed by atoms with Crippen LogP contribution in [0.5, 0.6) is 5.75 Å². The molecule has 0 saturated heterocycles. The van der Waals surface area contributed by atoms with Gasteiger partial charge in [0.1, 0.15) is 11.6 Å². The Morgan fingerprint density at radius 3 is 2.52 bits per heavy atom. The van der Waals surface area contributed by atoms with Gasteiger partial charge in [0.2, 0.25) is 0 Å². The molecule has 132 valence electrons. The molecular weight excluding hydrogens is 339 g/mol. The van der Waals surface area contributed by atoms with Crippen molar-refractivity contribution in [2.45, 2.75) is 6.18 Å². The van der Waals surface area contributed by atoms with Crippen molar-refractivity contribution in [3.8, 4) is 5.75 Å². The summed E-state index contributed by atoms with van der Waals surface area (Å²) >= 11 is 0. The number of carbonyl (C=O) groups is 1. The molecule has 0 atom stereocenters. The summed E-state index contributed by atoms with van der Waals surface area (Å²) in [5.41, 5.74) is -1.41. The third kappa shape index (κ3) is 4.59. The Morgan fingerprint density at radius 2 is 1.96 bits per heavy atom. The molecule has 1 amide bonds. The van der Waals surface area contributed by atoms with Gasteiger partial charge in [0, 0.05) is 18.8 Å². The van der Waals surface area contributed by atoms with Gasteiger partial charge in [-0.3, -0.25) is 5.32 Å². The molecule has 0 saturated carbocycles. The van der Waals surface area contributed by atoms with Crippen molar-refractivity contribution in [3.63, 3.8) is 0 Å².